The van der Waals surface area contributed by atoms with Crippen LogP contribution >= 0.6 is 22.9 Å². The van der Waals surface area contributed by atoms with Crippen LogP contribution in [-0.4, -0.2) is 22.9 Å². The Balaban J connectivity index is 2.28. The van der Waals surface area contributed by atoms with Crippen molar-refractivity contribution in [1.29, 1.82) is 0 Å². The van der Waals surface area contributed by atoms with Crippen LogP contribution in [0, 0.1) is 20.2 Å². The molecule has 0 unspecified atom stereocenters. The standard InChI is InChI=1S/C12H8ClN3O6S/c1-22-9-4-6(15(18)19)2-3-7(9)14-12(17)10-5-8(16(20)21)11(13)23-10/h2-5H,1H3,(H,14,17). The second kappa shape index (κ2) is 6.58. The molecule has 0 bridgehead atoms. The van der Waals surface area contributed by atoms with Gasteiger partial charge in [0.1, 0.15) is 10.6 Å². The third-order valence-corrected chi connectivity index (χ3v) is 4.07. The normalized spacial score (nSPS) is 10.2. The number of methoxy groups -OCH3 is 1. The van der Waals surface area contributed by atoms with Gasteiger partial charge in [-0.3, -0.25) is 25.0 Å². The molecule has 0 radical (unpaired) electrons. The number of carbonyl (C=O) groups excluding carboxylic acids is 1. The number of nitro benzene ring substituents is 1. The van der Waals surface area contributed by atoms with E-state index >= 15 is 0 Å². The summed E-state index contributed by atoms with van der Waals surface area (Å²) in [5.74, 6) is -0.554. The van der Waals surface area contributed by atoms with Crippen LogP contribution in [0.1, 0.15) is 9.67 Å². The number of amides is 1. The summed E-state index contributed by atoms with van der Waals surface area (Å²) in [6, 6.07) is 4.71. The Kier molecular flexibility index (Phi) is 4.77. The Morgan fingerprint density at radius 3 is 2.48 bits per heavy atom. The molecule has 1 aromatic heterocycles. The van der Waals surface area contributed by atoms with Crippen LogP contribution in [0.25, 0.3) is 0 Å². The van der Waals surface area contributed by atoms with Crippen LogP contribution in [-0.2, 0) is 0 Å². The van der Waals surface area contributed by atoms with E-state index in [2.05, 4.69) is 5.32 Å². The number of rotatable bonds is 5. The molecule has 11 heteroatoms. The first-order chi connectivity index (χ1) is 10.8. The molecule has 0 spiro atoms. The largest absolute Gasteiger partial charge is 0.494 e. The summed E-state index contributed by atoms with van der Waals surface area (Å²) in [5.41, 5.74) is -0.373. The number of nitrogens with zero attached hydrogens (tertiary/aromatic N) is 2. The van der Waals surface area contributed by atoms with Crippen molar-refractivity contribution in [2.75, 3.05) is 12.4 Å². The Hall–Kier alpha value is -2.72. The summed E-state index contributed by atoms with van der Waals surface area (Å²) in [4.78, 5) is 32.3. The molecule has 120 valence electrons. The minimum atomic E-state index is -0.692. The van der Waals surface area contributed by atoms with E-state index in [4.69, 9.17) is 16.3 Å². The number of nitro groups is 2. The number of carbonyl (C=O) groups is 1. The van der Waals surface area contributed by atoms with E-state index in [1.54, 1.807) is 0 Å². The monoisotopic (exact) mass is 357 g/mol. The Bertz CT molecular complexity index is 806. The van der Waals surface area contributed by atoms with Gasteiger partial charge in [-0.25, -0.2) is 0 Å². The maximum atomic E-state index is 12.1. The zero-order valence-corrected chi connectivity index (χ0v) is 13.0. The smallest absolute Gasteiger partial charge is 0.299 e. The molecular weight excluding hydrogens is 350 g/mol. The minimum Gasteiger partial charge on any atom is -0.494 e. The fraction of sp³-hybridized carbons (Fsp3) is 0.0833. The van der Waals surface area contributed by atoms with Crippen LogP contribution in [0.5, 0.6) is 5.75 Å². The number of anilines is 1. The molecule has 0 aliphatic carbocycles. The highest BCUT2D eigenvalue weighted by Gasteiger charge is 2.22. The van der Waals surface area contributed by atoms with E-state index in [9.17, 15) is 25.0 Å². The van der Waals surface area contributed by atoms with E-state index in [0.29, 0.717) is 0 Å². The zero-order valence-electron chi connectivity index (χ0n) is 11.4. The summed E-state index contributed by atoms with van der Waals surface area (Å²) in [7, 11) is 1.29. The fourth-order valence-corrected chi connectivity index (χ4v) is 2.79. The van der Waals surface area contributed by atoms with Crippen LogP contribution in [0.4, 0.5) is 17.1 Å². The molecule has 1 aromatic carbocycles. The van der Waals surface area contributed by atoms with Gasteiger partial charge in [-0.2, -0.15) is 0 Å². The SMILES string of the molecule is COc1cc([N+](=O)[O-])ccc1NC(=O)c1cc([N+](=O)[O-])c(Cl)s1. The van der Waals surface area contributed by atoms with Crippen molar-refractivity contribution in [2.24, 2.45) is 0 Å². The van der Waals surface area contributed by atoms with Crippen molar-refractivity contribution in [3.05, 3.63) is 53.7 Å². The average Bonchev–Trinajstić information content (AvgIpc) is 2.89. The first-order valence-electron chi connectivity index (χ1n) is 5.91. The lowest BCUT2D eigenvalue weighted by molar-refractivity contribution is -0.385. The lowest BCUT2D eigenvalue weighted by atomic mass is 10.2. The highest BCUT2D eigenvalue weighted by molar-refractivity contribution is 7.18. The van der Waals surface area contributed by atoms with Gasteiger partial charge < -0.3 is 10.1 Å². The van der Waals surface area contributed by atoms with Crippen LogP contribution < -0.4 is 10.1 Å². The van der Waals surface area contributed by atoms with Gasteiger partial charge in [0.05, 0.1) is 28.7 Å². The number of hydrogen-bond donors (Lipinski definition) is 1. The van der Waals surface area contributed by atoms with E-state index < -0.39 is 15.8 Å². The van der Waals surface area contributed by atoms with Gasteiger partial charge in [0.15, 0.2) is 4.34 Å². The summed E-state index contributed by atoms with van der Waals surface area (Å²) in [6.45, 7) is 0. The van der Waals surface area contributed by atoms with Gasteiger partial charge in [0.25, 0.3) is 17.3 Å². The molecule has 9 nitrogen and oxygen atoms in total. The Morgan fingerprint density at radius 2 is 1.96 bits per heavy atom. The van der Waals surface area contributed by atoms with Gasteiger partial charge in [-0.05, 0) is 6.07 Å². The van der Waals surface area contributed by atoms with Crippen molar-refractivity contribution in [3.8, 4) is 5.75 Å². The van der Waals surface area contributed by atoms with E-state index in [1.165, 1.54) is 19.2 Å². The number of ether oxygens (including phenoxy) is 1. The fourth-order valence-electron chi connectivity index (χ4n) is 1.68. The van der Waals surface area contributed by atoms with Crippen molar-refractivity contribution in [2.45, 2.75) is 0 Å². The first-order valence-corrected chi connectivity index (χ1v) is 7.10. The van der Waals surface area contributed by atoms with Crippen LogP contribution in [0.15, 0.2) is 24.3 Å². The van der Waals surface area contributed by atoms with Gasteiger partial charge in [0.2, 0.25) is 0 Å². The molecule has 2 rings (SSSR count). The summed E-state index contributed by atoms with van der Waals surface area (Å²) >= 11 is 6.45. The average molecular weight is 358 g/mol. The predicted octanol–water partition coefficient (Wildman–Crippen LogP) is 3.48. The van der Waals surface area contributed by atoms with Gasteiger partial charge in [-0.15, -0.1) is 11.3 Å². The van der Waals surface area contributed by atoms with Crippen molar-refractivity contribution in [1.82, 2.24) is 0 Å². The van der Waals surface area contributed by atoms with Gasteiger partial charge in [0, 0.05) is 12.1 Å². The van der Waals surface area contributed by atoms with E-state index in [0.717, 1.165) is 23.5 Å². The predicted molar refractivity (Wildman–Crippen MR) is 83.6 cm³/mol. The third-order valence-electron chi connectivity index (χ3n) is 2.73. The Morgan fingerprint density at radius 1 is 1.26 bits per heavy atom. The Labute approximate surface area is 137 Å². The highest BCUT2D eigenvalue weighted by Crippen LogP contribution is 2.35. The number of hydrogen-bond acceptors (Lipinski definition) is 7. The maximum absolute atomic E-state index is 12.1. The van der Waals surface area contributed by atoms with Crippen LogP contribution in [0.3, 0.4) is 0 Å². The second-order valence-electron chi connectivity index (χ2n) is 4.12. The highest BCUT2D eigenvalue weighted by atomic mass is 35.5. The van der Waals surface area contributed by atoms with Crippen molar-refractivity contribution < 1.29 is 19.4 Å². The second-order valence-corrected chi connectivity index (χ2v) is 5.78. The van der Waals surface area contributed by atoms with E-state index in [-0.39, 0.29) is 32.0 Å². The molecular formula is C12H8ClN3O6S. The molecule has 1 N–H and O–H groups in total. The minimum absolute atomic E-state index is 0.0297. The van der Waals surface area contributed by atoms with Gasteiger partial charge in [-0.1, -0.05) is 11.6 Å². The molecule has 0 aliphatic heterocycles. The summed E-state index contributed by atoms with van der Waals surface area (Å²) < 4.78 is 4.88. The number of halogens is 1. The number of non-ortho nitro benzene ring substituents is 1. The number of thiophene rings is 1. The molecule has 2 aromatic rings. The van der Waals surface area contributed by atoms with E-state index in [1.807, 2.05) is 0 Å². The maximum Gasteiger partial charge on any atom is 0.299 e. The molecule has 1 amide bonds. The quantitative estimate of drug-likeness (QED) is 0.645. The molecule has 0 saturated heterocycles. The summed E-state index contributed by atoms with van der Waals surface area (Å²) in [6.07, 6.45) is 0. The molecule has 0 atom stereocenters. The van der Waals surface area contributed by atoms with Crippen molar-refractivity contribution >= 4 is 45.9 Å². The summed E-state index contributed by atoms with van der Waals surface area (Å²) in [5, 5.41) is 23.9. The molecule has 23 heavy (non-hydrogen) atoms. The van der Waals surface area contributed by atoms with Crippen LogP contribution in [0.2, 0.25) is 4.34 Å². The molecule has 0 aliphatic rings. The first kappa shape index (κ1) is 16.6. The van der Waals surface area contributed by atoms with Gasteiger partial charge >= 0.3 is 0 Å². The molecule has 0 fully saturated rings. The third kappa shape index (κ3) is 3.55. The zero-order chi connectivity index (χ0) is 17.1. The lowest BCUT2D eigenvalue weighted by Crippen LogP contribution is -2.11. The molecule has 1 heterocycles. The number of nitrogens with one attached hydrogen (secondary N) is 1. The van der Waals surface area contributed by atoms with Crippen molar-refractivity contribution in [3.63, 3.8) is 0 Å². The number of benzene rings is 1. The lowest BCUT2D eigenvalue weighted by Gasteiger charge is -2.08. The molecule has 0 saturated carbocycles. The topological polar surface area (TPSA) is 125 Å².